The van der Waals surface area contributed by atoms with Crippen LogP contribution < -0.4 is 5.32 Å². The normalized spacial score (nSPS) is 17.3. The molecule has 0 saturated carbocycles. The second-order valence-electron chi connectivity index (χ2n) is 4.82. The molecule has 1 aliphatic rings. The van der Waals surface area contributed by atoms with Gasteiger partial charge in [-0.15, -0.1) is 13.2 Å². The van der Waals surface area contributed by atoms with E-state index in [-0.39, 0.29) is 17.7 Å². The van der Waals surface area contributed by atoms with Crippen molar-refractivity contribution in [3.63, 3.8) is 0 Å². The molecule has 0 spiro atoms. The number of amides is 3. The topological polar surface area (TPSA) is 66.5 Å². The Morgan fingerprint density at radius 1 is 1.20 bits per heavy atom. The summed E-state index contributed by atoms with van der Waals surface area (Å²) in [5.41, 5.74) is 0. The molecule has 1 saturated heterocycles. The van der Waals surface area contributed by atoms with Gasteiger partial charge in [0.05, 0.1) is 6.54 Å². The number of likely N-dealkylation sites (tertiary alicyclic amines) is 1. The molecular weight excluding hydrogens is 256 g/mol. The van der Waals surface area contributed by atoms with Crippen LogP contribution in [0.15, 0.2) is 25.3 Å². The summed E-state index contributed by atoms with van der Waals surface area (Å²) in [7, 11) is 0. The maximum absolute atomic E-state index is 11.8. The number of hydrogen-bond acceptors (Lipinski definition) is 3. The van der Waals surface area contributed by atoms with Crippen molar-refractivity contribution in [2.45, 2.75) is 44.6 Å². The van der Waals surface area contributed by atoms with Gasteiger partial charge in [-0.1, -0.05) is 12.2 Å². The molecule has 1 rings (SSSR count). The first-order valence-corrected chi connectivity index (χ1v) is 6.95. The average Bonchev–Trinajstić information content (AvgIpc) is 2.43. The van der Waals surface area contributed by atoms with E-state index in [0.29, 0.717) is 25.8 Å². The Morgan fingerprint density at radius 3 is 2.35 bits per heavy atom. The molecule has 0 bridgehead atoms. The summed E-state index contributed by atoms with van der Waals surface area (Å²) in [5, 5.41) is 2.64. The largest absolute Gasteiger partial charge is 0.343 e. The highest BCUT2D eigenvalue weighted by atomic mass is 16.2. The Hall–Kier alpha value is -1.91. The second kappa shape index (κ2) is 8.30. The van der Waals surface area contributed by atoms with Gasteiger partial charge < -0.3 is 5.32 Å². The summed E-state index contributed by atoms with van der Waals surface area (Å²) in [6.07, 6.45) is 7.19. The van der Waals surface area contributed by atoms with Gasteiger partial charge in [-0.3, -0.25) is 19.3 Å². The molecule has 1 heterocycles. The zero-order valence-electron chi connectivity index (χ0n) is 11.8. The monoisotopic (exact) mass is 278 g/mol. The van der Waals surface area contributed by atoms with Crippen molar-refractivity contribution < 1.29 is 14.4 Å². The average molecular weight is 278 g/mol. The van der Waals surface area contributed by atoms with Crippen molar-refractivity contribution in [2.75, 3.05) is 6.54 Å². The number of nitrogens with one attached hydrogen (secondary N) is 1. The number of allylic oxidation sites excluding steroid dienone is 2. The molecule has 1 atom stereocenters. The maximum atomic E-state index is 11.8. The van der Waals surface area contributed by atoms with Crippen molar-refractivity contribution in [3.05, 3.63) is 25.3 Å². The summed E-state index contributed by atoms with van der Waals surface area (Å²) in [4.78, 5) is 36.2. The van der Waals surface area contributed by atoms with Crippen LogP contribution >= 0.6 is 0 Å². The quantitative estimate of drug-likeness (QED) is 0.395. The zero-order valence-corrected chi connectivity index (χ0v) is 11.8. The molecule has 3 amide bonds. The number of hydrogen-bond donors (Lipinski definition) is 1. The predicted octanol–water partition coefficient (Wildman–Crippen LogP) is 1.55. The van der Waals surface area contributed by atoms with E-state index >= 15 is 0 Å². The van der Waals surface area contributed by atoms with Gasteiger partial charge in [0.1, 0.15) is 6.04 Å². The number of β-lactam (4-membered cyclic amide) rings is 1. The lowest BCUT2D eigenvalue weighted by Gasteiger charge is -2.37. The third-order valence-corrected chi connectivity index (χ3v) is 3.18. The van der Waals surface area contributed by atoms with Gasteiger partial charge >= 0.3 is 0 Å². The molecule has 0 aliphatic carbocycles. The molecule has 5 nitrogen and oxygen atoms in total. The van der Waals surface area contributed by atoms with E-state index in [1.807, 2.05) is 0 Å². The van der Waals surface area contributed by atoms with Gasteiger partial charge in [0.25, 0.3) is 5.91 Å². The van der Waals surface area contributed by atoms with Crippen molar-refractivity contribution in [1.29, 1.82) is 0 Å². The van der Waals surface area contributed by atoms with Crippen LogP contribution in [0.3, 0.4) is 0 Å². The summed E-state index contributed by atoms with van der Waals surface area (Å²) in [6, 6.07) is -0.533. The fourth-order valence-electron chi connectivity index (χ4n) is 1.96. The molecular formula is C15H22N2O3. The van der Waals surface area contributed by atoms with Crippen LogP contribution in [-0.4, -0.2) is 35.2 Å². The fourth-order valence-corrected chi connectivity index (χ4v) is 1.96. The van der Waals surface area contributed by atoms with Gasteiger partial charge in [-0.2, -0.15) is 0 Å². The van der Waals surface area contributed by atoms with Gasteiger partial charge in [0.2, 0.25) is 11.8 Å². The van der Waals surface area contributed by atoms with Gasteiger partial charge in [0.15, 0.2) is 0 Å². The van der Waals surface area contributed by atoms with Crippen LogP contribution in [0.4, 0.5) is 0 Å². The molecule has 20 heavy (non-hydrogen) atoms. The standard InChI is InChI=1S/C15H22N2O3/c1-3-5-7-9-13(18)16-12-11-17(15(12)20)14(19)10-8-6-4-2/h3-4,12H,1-2,5-11H2,(H,16,18)/t12-/m0/s1. The Balaban J connectivity index is 2.25. The number of carbonyl (C=O) groups excluding carboxylic acids is 3. The molecule has 1 N–H and O–H groups in total. The van der Waals surface area contributed by atoms with E-state index in [1.54, 1.807) is 12.2 Å². The Bertz CT molecular complexity index is 404. The van der Waals surface area contributed by atoms with Gasteiger partial charge in [-0.05, 0) is 25.7 Å². The molecule has 0 aromatic heterocycles. The number of nitrogens with zero attached hydrogens (tertiary/aromatic N) is 1. The lowest BCUT2D eigenvalue weighted by Crippen LogP contribution is -2.65. The number of rotatable bonds is 9. The molecule has 110 valence electrons. The predicted molar refractivity (Wildman–Crippen MR) is 76.7 cm³/mol. The summed E-state index contributed by atoms with van der Waals surface area (Å²) < 4.78 is 0. The summed E-state index contributed by atoms with van der Waals surface area (Å²) in [6.45, 7) is 7.45. The SMILES string of the molecule is C=CCCCC(=O)N[C@H]1CN(C(=O)CCCC=C)C1=O. The Labute approximate surface area is 119 Å². The molecule has 1 aliphatic heterocycles. The molecule has 1 fully saturated rings. The van der Waals surface area contributed by atoms with Crippen LogP contribution in [0.5, 0.6) is 0 Å². The van der Waals surface area contributed by atoms with Crippen molar-refractivity contribution in [2.24, 2.45) is 0 Å². The third kappa shape index (κ3) is 4.64. The van der Waals surface area contributed by atoms with Crippen molar-refractivity contribution in [1.82, 2.24) is 10.2 Å². The lowest BCUT2D eigenvalue weighted by atomic mass is 10.1. The van der Waals surface area contributed by atoms with E-state index in [0.717, 1.165) is 19.3 Å². The van der Waals surface area contributed by atoms with E-state index in [2.05, 4.69) is 18.5 Å². The highest BCUT2D eigenvalue weighted by Crippen LogP contribution is 2.14. The minimum Gasteiger partial charge on any atom is -0.343 e. The minimum absolute atomic E-state index is 0.149. The molecule has 0 aromatic carbocycles. The first-order chi connectivity index (χ1) is 9.60. The number of carbonyl (C=O) groups is 3. The molecule has 0 aromatic rings. The Kier molecular flexibility index (Phi) is 6.70. The second-order valence-corrected chi connectivity index (χ2v) is 4.82. The van der Waals surface area contributed by atoms with Crippen LogP contribution in [0.25, 0.3) is 0 Å². The summed E-state index contributed by atoms with van der Waals surface area (Å²) >= 11 is 0. The number of imide groups is 1. The van der Waals surface area contributed by atoms with Crippen molar-refractivity contribution >= 4 is 17.7 Å². The fraction of sp³-hybridized carbons (Fsp3) is 0.533. The first-order valence-electron chi connectivity index (χ1n) is 6.95. The van der Waals surface area contributed by atoms with Crippen LogP contribution in [-0.2, 0) is 14.4 Å². The highest BCUT2D eigenvalue weighted by Gasteiger charge is 2.40. The lowest BCUT2D eigenvalue weighted by molar-refractivity contribution is -0.157. The maximum Gasteiger partial charge on any atom is 0.253 e. The third-order valence-electron chi connectivity index (χ3n) is 3.18. The smallest absolute Gasteiger partial charge is 0.253 e. The molecule has 0 unspecified atom stereocenters. The van der Waals surface area contributed by atoms with E-state index in [4.69, 9.17) is 0 Å². The molecule has 5 heteroatoms. The van der Waals surface area contributed by atoms with Crippen LogP contribution in [0.2, 0.25) is 0 Å². The van der Waals surface area contributed by atoms with Gasteiger partial charge in [0, 0.05) is 12.8 Å². The number of unbranched alkanes of at least 4 members (excludes halogenated alkanes) is 2. The highest BCUT2D eigenvalue weighted by molar-refractivity contribution is 6.04. The van der Waals surface area contributed by atoms with Gasteiger partial charge in [-0.25, -0.2) is 0 Å². The summed E-state index contributed by atoms with van der Waals surface area (Å²) in [5.74, 6) is -0.622. The molecule has 0 radical (unpaired) electrons. The minimum atomic E-state index is -0.533. The Morgan fingerprint density at radius 2 is 1.80 bits per heavy atom. The van der Waals surface area contributed by atoms with E-state index in [1.165, 1.54) is 4.90 Å². The van der Waals surface area contributed by atoms with Crippen molar-refractivity contribution in [3.8, 4) is 0 Å². The van der Waals surface area contributed by atoms with E-state index in [9.17, 15) is 14.4 Å². The van der Waals surface area contributed by atoms with Crippen LogP contribution in [0.1, 0.15) is 38.5 Å². The van der Waals surface area contributed by atoms with E-state index < -0.39 is 6.04 Å². The zero-order chi connectivity index (χ0) is 15.0. The van der Waals surface area contributed by atoms with Crippen LogP contribution in [0, 0.1) is 0 Å². The first kappa shape index (κ1) is 16.1.